The molecule has 42 heavy (non-hydrogen) atoms. The number of amides is 1. The molecule has 2 aliphatic rings. The quantitative estimate of drug-likeness (QED) is 0.285. The van der Waals surface area contributed by atoms with Crippen molar-refractivity contribution in [2.75, 3.05) is 20.5 Å². The van der Waals surface area contributed by atoms with Gasteiger partial charge in [-0.05, 0) is 56.4 Å². The first-order valence-corrected chi connectivity index (χ1v) is 14.8. The molecule has 1 aliphatic carbocycles. The number of nitrogens with zero attached hydrogens (tertiary/aromatic N) is 1. The Morgan fingerprint density at radius 3 is 2.55 bits per heavy atom. The zero-order valence-corrected chi connectivity index (χ0v) is 24.9. The Labute approximate surface area is 247 Å². The molecule has 2 aromatic rings. The lowest BCUT2D eigenvalue weighted by Crippen LogP contribution is -2.45. The Hall–Kier alpha value is -3.66. The fourth-order valence-electron chi connectivity index (χ4n) is 5.08. The predicted molar refractivity (Wildman–Crippen MR) is 154 cm³/mol. The van der Waals surface area contributed by atoms with Crippen LogP contribution in [0.15, 0.2) is 42.6 Å². The molecule has 1 aromatic heterocycles. The van der Waals surface area contributed by atoms with Gasteiger partial charge >= 0.3 is 11.9 Å². The molecule has 1 amide bonds. The summed E-state index contributed by atoms with van der Waals surface area (Å²) in [4.78, 5) is 42.8. The summed E-state index contributed by atoms with van der Waals surface area (Å²) >= 11 is 0. The van der Waals surface area contributed by atoms with E-state index in [1.54, 1.807) is 13.8 Å². The molecule has 1 N–H and O–H groups in total. The zero-order chi connectivity index (χ0) is 30.1. The van der Waals surface area contributed by atoms with Crippen molar-refractivity contribution in [3.05, 3.63) is 53.9 Å². The second-order valence-corrected chi connectivity index (χ2v) is 11.4. The van der Waals surface area contributed by atoms with Crippen molar-refractivity contribution in [3.8, 4) is 11.5 Å². The molecule has 0 spiro atoms. The van der Waals surface area contributed by atoms with Crippen LogP contribution in [0, 0.1) is 17.8 Å². The maximum atomic E-state index is 13.4. The normalized spacial score (nSPS) is 22.7. The Balaban J connectivity index is 1.47. The monoisotopic (exact) mass is 582 g/mol. The summed E-state index contributed by atoms with van der Waals surface area (Å²) in [6.45, 7) is 5.51. The van der Waals surface area contributed by atoms with Crippen LogP contribution in [0.4, 0.5) is 0 Å². The molecule has 10 nitrogen and oxygen atoms in total. The molecule has 2 heterocycles. The minimum absolute atomic E-state index is 0.00956. The number of cyclic esters (lactones) is 1. The van der Waals surface area contributed by atoms with E-state index in [0.29, 0.717) is 25.4 Å². The largest absolute Gasteiger partial charge is 0.493 e. The smallest absolute Gasteiger partial charge is 0.329 e. The van der Waals surface area contributed by atoms with E-state index in [1.165, 1.54) is 37.8 Å². The van der Waals surface area contributed by atoms with E-state index in [9.17, 15) is 14.4 Å². The van der Waals surface area contributed by atoms with E-state index in [-0.39, 0.29) is 35.1 Å². The summed E-state index contributed by atoms with van der Waals surface area (Å²) in [5.41, 5.74) is 1.11. The molecule has 1 saturated carbocycles. The molecular weight excluding hydrogens is 540 g/mol. The van der Waals surface area contributed by atoms with Gasteiger partial charge in [0.25, 0.3) is 5.91 Å². The van der Waals surface area contributed by atoms with Gasteiger partial charge in [0.15, 0.2) is 17.2 Å². The van der Waals surface area contributed by atoms with Gasteiger partial charge in [0, 0.05) is 18.9 Å². The standard InChI is InChI=1S/C32H42N2O8/c1-20(2)31(36)41-19-40-29-26(38-4)15-16-33-27(29)30(35)34-25-12-8-11-24(17-22-9-6-5-7-10-22)28(21(3)42-32(25)37)39-18-23-13-14-23/h5-7,9-10,15-16,20-21,23-25,28H,8,11-14,17-19H2,1-4H3,(H,34,35)/t21-,24+,25-,28-/m0/s1. The first kappa shape index (κ1) is 31.3. The molecule has 228 valence electrons. The van der Waals surface area contributed by atoms with Gasteiger partial charge in [-0.15, -0.1) is 0 Å². The van der Waals surface area contributed by atoms with E-state index in [2.05, 4.69) is 22.4 Å². The molecule has 1 saturated heterocycles. The molecule has 10 heteroatoms. The lowest BCUT2D eigenvalue weighted by Gasteiger charge is -2.31. The SMILES string of the molecule is COc1ccnc(C(=O)N[C@H]2CCC[C@H](Cc3ccccc3)[C@@H](OCC3CC3)[C@H](C)OC2=O)c1OCOC(=O)C(C)C. The van der Waals surface area contributed by atoms with Crippen molar-refractivity contribution in [3.63, 3.8) is 0 Å². The van der Waals surface area contributed by atoms with Crippen LogP contribution in [0.1, 0.15) is 68.9 Å². The van der Waals surface area contributed by atoms with E-state index < -0.39 is 36.8 Å². The van der Waals surface area contributed by atoms with Crippen molar-refractivity contribution >= 4 is 17.8 Å². The summed E-state index contributed by atoms with van der Waals surface area (Å²) in [5.74, 6) is -0.965. The maximum absolute atomic E-state index is 13.4. The van der Waals surface area contributed by atoms with Crippen molar-refractivity contribution in [1.29, 1.82) is 0 Å². The number of esters is 2. The number of rotatable bonds is 12. The van der Waals surface area contributed by atoms with Crippen molar-refractivity contribution in [2.24, 2.45) is 17.8 Å². The van der Waals surface area contributed by atoms with Crippen LogP contribution in [-0.4, -0.2) is 61.6 Å². The lowest BCUT2D eigenvalue weighted by atomic mass is 9.87. The molecule has 4 rings (SSSR count). The van der Waals surface area contributed by atoms with Crippen molar-refractivity contribution < 1.29 is 38.1 Å². The summed E-state index contributed by atoms with van der Waals surface area (Å²) in [6.07, 6.45) is 5.70. The zero-order valence-electron chi connectivity index (χ0n) is 24.9. The van der Waals surface area contributed by atoms with Crippen LogP contribution < -0.4 is 14.8 Å². The summed E-state index contributed by atoms with van der Waals surface area (Å²) in [5, 5.41) is 2.79. The number of methoxy groups -OCH3 is 1. The molecule has 4 atom stereocenters. The van der Waals surface area contributed by atoms with E-state index in [4.69, 9.17) is 23.7 Å². The van der Waals surface area contributed by atoms with Gasteiger partial charge in [-0.1, -0.05) is 50.6 Å². The van der Waals surface area contributed by atoms with Crippen LogP contribution in [-0.2, 0) is 30.2 Å². The Morgan fingerprint density at radius 1 is 1.10 bits per heavy atom. The first-order chi connectivity index (χ1) is 20.3. The van der Waals surface area contributed by atoms with Gasteiger partial charge < -0.3 is 29.0 Å². The highest BCUT2D eigenvalue weighted by atomic mass is 16.7. The maximum Gasteiger partial charge on any atom is 0.329 e. The first-order valence-electron chi connectivity index (χ1n) is 14.8. The predicted octanol–water partition coefficient (Wildman–Crippen LogP) is 4.49. The number of nitrogens with one attached hydrogen (secondary N) is 1. The molecular formula is C32H42N2O8. The average Bonchev–Trinajstić information content (AvgIpc) is 3.80. The Kier molecular flexibility index (Phi) is 11.2. The van der Waals surface area contributed by atoms with Crippen molar-refractivity contribution in [1.82, 2.24) is 10.3 Å². The van der Waals surface area contributed by atoms with Crippen LogP contribution in [0.5, 0.6) is 11.5 Å². The molecule has 2 fully saturated rings. The Morgan fingerprint density at radius 2 is 1.86 bits per heavy atom. The van der Waals surface area contributed by atoms with Crippen molar-refractivity contribution in [2.45, 2.75) is 77.5 Å². The number of ether oxygens (including phenoxy) is 5. The number of carbonyl (C=O) groups excluding carboxylic acids is 3. The summed E-state index contributed by atoms with van der Waals surface area (Å²) in [6, 6.07) is 10.9. The van der Waals surface area contributed by atoms with Crippen LogP contribution >= 0.6 is 0 Å². The number of pyridine rings is 1. The molecule has 1 aliphatic heterocycles. The van der Waals surface area contributed by atoms with E-state index >= 15 is 0 Å². The number of benzene rings is 1. The minimum Gasteiger partial charge on any atom is -0.493 e. The third-order valence-electron chi connectivity index (χ3n) is 7.63. The van der Waals surface area contributed by atoms with Gasteiger partial charge in [0.05, 0.1) is 19.1 Å². The minimum atomic E-state index is -0.890. The topological polar surface area (TPSA) is 122 Å². The molecule has 0 bridgehead atoms. The summed E-state index contributed by atoms with van der Waals surface area (Å²) < 4.78 is 28.4. The van der Waals surface area contributed by atoms with Gasteiger partial charge in [0.2, 0.25) is 6.79 Å². The number of carbonyl (C=O) groups is 3. The highest BCUT2D eigenvalue weighted by Crippen LogP contribution is 2.33. The average molecular weight is 583 g/mol. The number of hydrogen-bond donors (Lipinski definition) is 1. The second kappa shape index (κ2) is 15.0. The highest BCUT2D eigenvalue weighted by molar-refractivity contribution is 5.98. The van der Waals surface area contributed by atoms with Crippen LogP contribution in [0.25, 0.3) is 0 Å². The van der Waals surface area contributed by atoms with Crippen LogP contribution in [0.3, 0.4) is 0 Å². The fourth-order valence-corrected chi connectivity index (χ4v) is 5.08. The molecule has 1 aromatic carbocycles. The molecule has 0 unspecified atom stereocenters. The third kappa shape index (κ3) is 8.67. The van der Waals surface area contributed by atoms with Gasteiger partial charge in [-0.3, -0.25) is 9.59 Å². The number of hydrogen-bond acceptors (Lipinski definition) is 9. The summed E-state index contributed by atoms with van der Waals surface area (Å²) in [7, 11) is 1.43. The second-order valence-electron chi connectivity index (χ2n) is 11.4. The van der Waals surface area contributed by atoms with Gasteiger partial charge in [-0.25, -0.2) is 9.78 Å². The lowest BCUT2D eigenvalue weighted by molar-refractivity contribution is -0.161. The van der Waals surface area contributed by atoms with Gasteiger partial charge in [0.1, 0.15) is 12.1 Å². The number of aromatic nitrogens is 1. The highest BCUT2D eigenvalue weighted by Gasteiger charge is 2.36. The molecule has 0 radical (unpaired) electrons. The van der Waals surface area contributed by atoms with Gasteiger partial charge in [-0.2, -0.15) is 0 Å². The van der Waals surface area contributed by atoms with E-state index in [1.807, 2.05) is 25.1 Å². The fraction of sp³-hybridized carbons (Fsp3) is 0.562. The third-order valence-corrected chi connectivity index (χ3v) is 7.63. The van der Waals surface area contributed by atoms with Crippen LogP contribution in [0.2, 0.25) is 0 Å². The van der Waals surface area contributed by atoms with E-state index in [0.717, 1.165) is 12.8 Å². The Bertz CT molecular complexity index is 1200.